The van der Waals surface area contributed by atoms with Crippen LogP contribution in [-0.2, 0) is 0 Å². The molecule has 12 heavy (non-hydrogen) atoms. The normalized spacial score (nSPS) is 41.5. The monoisotopic (exact) mass is 168 g/mol. The highest BCUT2D eigenvalue weighted by Crippen LogP contribution is 2.52. The van der Waals surface area contributed by atoms with Gasteiger partial charge in [-0.1, -0.05) is 0 Å². The summed E-state index contributed by atoms with van der Waals surface area (Å²) in [6, 6.07) is 0. The topological polar surface area (TPSA) is 29.3 Å². The Morgan fingerprint density at radius 3 is 2.08 bits per heavy atom. The fourth-order valence-corrected chi connectivity index (χ4v) is 2.55. The van der Waals surface area contributed by atoms with E-state index >= 15 is 0 Å². The maximum absolute atomic E-state index is 5.66. The number of fused-ring (bicyclic) bond motifs is 1. The minimum absolute atomic E-state index is 0.368. The van der Waals surface area contributed by atoms with Crippen molar-refractivity contribution in [1.82, 2.24) is 4.90 Å². The van der Waals surface area contributed by atoms with Crippen LogP contribution in [-0.4, -0.2) is 30.1 Å². The summed E-state index contributed by atoms with van der Waals surface area (Å²) >= 11 is 0. The second-order valence-electron chi connectivity index (χ2n) is 5.30. The molecule has 2 N–H and O–H groups in total. The lowest BCUT2D eigenvalue weighted by Crippen LogP contribution is -2.41. The van der Waals surface area contributed by atoms with E-state index in [1.807, 2.05) is 0 Å². The van der Waals surface area contributed by atoms with Gasteiger partial charge in [-0.15, -0.1) is 0 Å². The van der Waals surface area contributed by atoms with E-state index in [2.05, 4.69) is 25.7 Å². The van der Waals surface area contributed by atoms with E-state index in [-0.39, 0.29) is 0 Å². The van der Waals surface area contributed by atoms with Gasteiger partial charge in [-0.2, -0.15) is 0 Å². The Morgan fingerprint density at radius 2 is 1.75 bits per heavy atom. The lowest BCUT2D eigenvalue weighted by molar-refractivity contribution is 0.148. The number of hydrogen-bond acceptors (Lipinski definition) is 2. The molecule has 0 aromatic rings. The maximum atomic E-state index is 5.66. The number of piperidine rings is 1. The first kappa shape index (κ1) is 8.52. The number of nitrogens with two attached hydrogens (primary N) is 1. The van der Waals surface area contributed by atoms with Crippen molar-refractivity contribution in [1.29, 1.82) is 0 Å². The van der Waals surface area contributed by atoms with Gasteiger partial charge >= 0.3 is 0 Å². The van der Waals surface area contributed by atoms with E-state index < -0.39 is 0 Å². The maximum Gasteiger partial charge on any atom is 0.0125 e. The minimum Gasteiger partial charge on any atom is -0.330 e. The van der Waals surface area contributed by atoms with Crippen molar-refractivity contribution in [2.24, 2.45) is 23.5 Å². The molecule has 2 aliphatic rings. The van der Waals surface area contributed by atoms with Crippen molar-refractivity contribution >= 4 is 0 Å². The highest BCUT2D eigenvalue weighted by molar-refractivity contribution is 5.07. The molecule has 1 aliphatic heterocycles. The molecular formula is C10H20N2. The van der Waals surface area contributed by atoms with Crippen LogP contribution in [0.5, 0.6) is 0 Å². The first-order valence-electron chi connectivity index (χ1n) is 4.99. The Labute approximate surface area is 75.1 Å². The standard InChI is InChI=1S/C10H20N2/c1-10(2,3)12-5-8-7(4-11)9(8)6-12/h7-9H,4-6,11H2,1-3H3. The molecule has 2 rings (SSSR count). The molecule has 1 aliphatic carbocycles. The molecule has 1 heterocycles. The quantitative estimate of drug-likeness (QED) is 0.631. The van der Waals surface area contributed by atoms with Crippen LogP contribution in [0.25, 0.3) is 0 Å². The average molecular weight is 168 g/mol. The van der Waals surface area contributed by atoms with Gasteiger partial charge in [0.2, 0.25) is 0 Å². The number of rotatable bonds is 1. The molecule has 2 unspecified atom stereocenters. The molecule has 0 aromatic carbocycles. The lowest BCUT2D eigenvalue weighted by atomic mass is 10.1. The number of likely N-dealkylation sites (tertiary alicyclic amines) is 1. The minimum atomic E-state index is 0.368. The van der Waals surface area contributed by atoms with Crippen molar-refractivity contribution in [3.8, 4) is 0 Å². The van der Waals surface area contributed by atoms with Gasteiger partial charge < -0.3 is 5.73 Å². The summed E-state index contributed by atoms with van der Waals surface area (Å²) in [6.45, 7) is 10.4. The highest BCUT2D eigenvalue weighted by atomic mass is 15.2. The Kier molecular flexibility index (Phi) is 1.74. The van der Waals surface area contributed by atoms with Crippen LogP contribution >= 0.6 is 0 Å². The van der Waals surface area contributed by atoms with Gasteiger partial charge in [0, 0.05) is 18.6 Å². The number of hydrogen-bond donors (Lipinski definition) is 1. The van der Waals surface area contributed by atoms with Crippen molar-refractivity contribution < 1.29 is 0 Å². The van der Waals surface area contributed by atoms with Gasteiger partial charge in [-0.05, 0) is 45.1 Å². The van der Waals surface area contributed by atoms with Gasteiger partial charge in [0.15, 0.2) is 0 Å². The molecule has 70 valence electrons. The average Bonchev–Trinajstić information content (AvgIpc) is 2.39. The Balaban J connectivity index is 1.90. The van der Waals surface area contributed by atoms with Crippen molar-refractivity contribution in [3.05, 3.63) is 0 Å². The van der Waals surface area contributed by atoms with Crippen LogP contribution in [0.4, 0.5) is 0 Å². The van der Waals surface area contributed by atoms with E-state index in [9.17, 15) is 0 Å². The summed E-state index contributed by atoms with van der Waals surface area (Å²) < 4.78 is 0. The van der Waals surface area contributed by atoms with Gasteiger partial charge in [0.25, 0.3) is 0 Å². The third-order valence-corrected chi connectivity index (χ3v) is 3.59. The second kappa shape index (κ2) is 2.46. The summed E-state index contributed by atoms with van der Waals surface area (Å²) in [4.78, 5) is 2.59. The summed E-state index contributed by atoms with van der Waals surface area (Å²) in [5.74, 6) is 2.74. The van der Waals surface area contributed by atoms with Crippen molar-refractivity contribution in [2.75, 3.05) is 19.6 Å². The Hall–Kier alpha value is -0.0800. The molecule has 2 heteroatoms. The molecule has 0 bridgehead atoms. The molecule has 0 aromatic heterocycles. The smallest absolute Gasteiger partial charge is 0.0125 e. The predicted molar refractivity (Wildman–Crippen MR) is 50.9 cm³/mol. The SMILES string of the molecule is CC(C)(C)N1CC2C(CN)C2C1. The van der Waals surface area contributed by atoms with Gasteiger partial charge in [0.05, 0.1) is 0 Å². The van der Waals surface area contributed by atoms with E-state index in [4.69, 9.17) is 5.73 Å². The largest absolute Gasteiger partial charge is 0.330 e. The molecule has 0 amide bonds. The molecule has 0 spiro atoms. The highest BCUT2D eigenvalue weighted by Gasteiger charge is 2.55. The van der Waals surface area contributed by atoms with Crippen LogP contribution in [0.3, 0.4) is 0 Å². The predicted octanol–water partition coefficient (Wildman–Crippen LogP) is 0.921. The third-order valence-electron chi connectivity index (χ3n) is 3.59. The lowest BCUT2D eigenvalue weighted by Gasteiger charge is -2.33. The van der Waals surface area contributed by atoms with Crippen LogP contribution in [0.1, 0.15) is 20.8 Å². The molecule has 1 saturated carbocycles. The van der Waals surface area contributed by atoms with Gasteiger partial charge in [-0.3, -0.25) is 4.90 Å². The van der Waals surface area contributed by atoms with Crippen LogP contribution in [0.2, 0.25) is 0 Å². The van der Waals surface area contributed by atoms with Crippen LogP contribution in [0, 0.1) is 17.8 Å². The third kappa shape index (κ3) is 1.17. The summed E-state index contributed by atoms with van der Waals surface area (Å²) in [7, 11) is 0. The fourth-order valence-electron chi connectivity index (χ4n) is 2.55. The summed E-state index contributed by atoms with van der Waals surface area (Å²) in [6.07, 6.45) is 0. The van der Waals surface area contributed by atoms with Crippen molar-refractivity contribution in [2.45, 2.75) is 26.3 Å². The molecule has 2 atom stereocenters. The second-order valence-corrected chi connectivity index (χ2v) is 5.30. The summed E-state index contributed by atoms with van der Waals surface area (Å²) in [5.41, 5.74) is 6.03. The molecule has 0 radical (unpaired) electrons. The Morgan fingerprint density at radius 1 is 1.25 bits per heavy atom. The van der Waals surface area contributed by atoms with E-state index in [0.717, 1.165) is 24.3 Å². The van der Waals surface area contributed by atoms with E-state index in [1.165, 1.54) is 13.1 Å². The first-order chi connectivity index (χ1) is 5.54. The Bertz CT molecular complexity index is 171. The van der Waals surface area contributed by atoms with Gasteiger partial charge in [0.1, 0.15) is 0 Å². The zero-order chi connectivity index (χ0) is 8.93. The molecule has 2 fully saturated rings. The zero-order valence-electron chi connectivity index (χ0n) is 8.38. The molecular weight excluding hydrogens is 148 g/mol. The number of nitrogens with zero attached hydrogens (tertiary/aromatic N) is 1. The fraction of sp³-hybridized carbons (Fsp3) is 1.00. The van der Waals surface area contributed by atoms with E-state index in [1.54, 1.807) is 0 Å². The van der Waals surface area contributed by atoms with Crippen molar-refractivity contribution in [3.63, 3.8) is 0 Å². The van der Waals surface area contributed by atoms with Gasteiger partial charge in [-0.25, -0.2) is 0 Å². The molecule has 1 saturated heterocycles. The molecule has 2 nitrogen and oxygen atoms in total. The zero-order valence-corrected chi connectivity index (χ0v) is 8.38. The van der Waals surface area contributed by atoms with Crippen LogP contribution in [0.15, 0.2) is 0 Å². The van der Waals surface area contributed by atoms with Crippen LogP contribution < -0.4 is 5.73 Å². The first-order valence-corrected chi connectivity index (χ1v) is 4.99. The summed E-state index contributed by atoms with van der Waals surface area (Å²) in [5, 5.41) is 0. The van der Waals surface area contributed by atoms with E-state index in [0.29, 0.717) is 5.54 Å².